The summed E-state index contributed by atoms with van der Waals surface area (Å²) in [5.74, 6) is 0.0382. The number of ether oxygens (including phenoxy) is 2. The van der Waals surface area contributed by atoms with Crippen LogP contribution in [-0.4, -0.2) is 28.4 Å². The Bertz CT molecular complexity index is 1420. The van der Waals surface area contributed by atoms with Crippen LogP contribution in [0, 0.1) is 11.8 Å². The Morgan fingerprint density at radius 3 is 2.50 bits per heavy atom. The third-order valence-electron chi connectivity index (χ3n) is 7.88. The number of halogens is 3. The van der Waals surface area contributed by atoms with Crippen LogP contribution in [0.2, 0.25) is 0 Å². The maximum Gasteiger partial charge on any atom is 0.417 e. The molecule has 40 heavy (non-hydrogen) atoms. The molecule has 8 heteroatoms. The normalized spacial score (nSPS) is 19.6. The van der Waals surface area contributed by atoms with Crippen molar-refractivity contribution >= 4 is 5.97 Å². The van der Waals surface area contributed by atoms with E-state index < -0.39 is 23.3 Å². The molecule has 0 aromatic heterocycles. The summed E-state index contributed by atoms with van der Waals surface area (Å²) in [5.41, 5.74) is 2.64. The van der Waals surface area contributed by atoms with Gasteiger partial charge in [0.15, 0.2) is 0 Å². The lowest BCUT2D eigenvalue weighted by atomic mass is 9.97. The molecule has 5 nitrogen and oxygen atoms in total. The zero-order chi connectivity index (χ0) is 28.8. The van der Waals surface area contributed by atoms with Gasteiger partial charge in [-0.05, 0) is 90.3 Å². The van der Waals surface area contributed by atoms with Gasteiger partial charge in [0.25, 0.3) is 0 Å². The van der Waals surface area contributed by atoms with Crippen molar-refractivity contribution < 1.29 is 37.7 Å². The first-order valence-corrected chi connectivity index (χ1v) is 13.5. The van der Waals surface area contributed by atoms with Gasteiger partial charge in [-0.1, -0.05) is 37.3 Å². The molecule has 3 aromatic rings. The maximum atomic E-state index is 14.0. The van der Waals surface area contributed by atoms with Crippen molar-refractivity contribution in [2.24, 2.45) is 11.8 Å². The van der Waals surface area contributed by atoms with Gasteiger partial charge in [0.2, 0.25) is 0 Å². The molecule has 0 heterocycles. The second-order valence-electron chi connectivity index (χ2n) is 11.4. The summed E-state index contributed by atoms with van der Waals surface area (Å²) in [6.45, 7) is 5.52. The number of rotatable bonds is 10. The second-order valence-corrected chi connectivity index (χ2v) is 11.4. The Morgan fingerprint density at radius 1 is 1.05 bits per heavy atom. The minimum atomic E-state index is -4.59. The van der Waals surface area contributed by atoms with Crippen LogP contribution >= 0.6 is 0 Å². The van der Waals surface area contributed by atoms with E-state index in [-0.39, 0.29) is 48.7 Å². The van der Waals surface area contributed by atoms with Gasteiger partial charge in [0.1, 0.15) is 18.1 Å². The number of aliphatic hydroxyl groups is 1. The van der Waals surface area contributed by atoms with Crippen molar-refractivity contribution in [3.8, 4) is 22.6 Å². The van der Waals surface area contributed by atoms with Gasteiger partial charge < -0.3 is 19.7 Å². The third-order valence-corrected chi connectivity index (χ3v) is 7.88. The van der Waals surface area contributed by atoms with Crippen molar-refractivity contribution in [3.05, 3.63) is 82.4 Å². The van der Waals surface area contributed by atoms with E-state index in [1.165, 1.54) is 12.1 Å². The Labute approximate surface area is 231 Å². The first-order valence-electron chi connectivity index (χ1n) is 13.5. The smallest absolute Gasteiger partial charge is 0.417 e. The van der Waals surface area contributed by atoms with E-state index in [4.69, 9.17) is 9.47 Å². The maximum absolute atomic E-state index is 14.0. The Kier molecular flexibility index (Phi) is 7.33. The Hall–Kier alpha value is -3.52. The summed E-state index contributed by atoms with van der Waals surface area (Å²) in [6.07, 6.45) is -2.86. The van der Waals surface area contributed by atoms with E-state index in [0.717, 1.165) is 46.9 Å². The summed E-state index contributed by atoms with van der Waals surface area (Å²) in [6, 6.07) is 14.9. The number of alkyl halides is 3. The van der Waals surface area contributed by atoms with E-state index in [9.17, 15) is 28.2 Å². The van der Waals surface area contributed by atoms with E-state index in [1.54, 1.807) is 32.0 Å². The van der Waals surface area contributed by atoms with Gasteiger partial charge in [-0.3, -0.25) is 4.79 Å². The molecule has 0 radical (unpaired) electrons. The third kappa shape index (κ3) is 5.82. The van der Waals surface area contributed by atoms with Gasteiger partial charge in [-0.2, -0.15) is 13.2 Å². The van der Waals surface area contributed by atoms with Crippen LogP contribution in [0.3, 0.4) is 0 Å². The molecule has 0 aliphatic heterocycles. The first-order chi connectivity index (χ1) is 18.9. The molecule has 5 rings (SSSR count). The SMILES string of the molecule is CCc1cc2c(cc1OCc1cccc(-c3ccc(OCCC(C)(C)O)cc3C(F)(F)F)c1)CC1C(C(=O)O)C21. The quantitative estimate of drug-likeness (QED) is 0.282. The number of hydrogen-bond donors (Lipinski definition) is 2. The monoisotopic (exact) mass is 554 g/mol. The molecular formula is C32H33F3O5. The molecule has 0 saturated heterocycles. The molecule has 0 spiro atoms. The summed E-state index contributed by atoms with van der Waals surface area (Å²) < 4.78 is 53.8. The highest BCUT2D eigenvalue weighted by Gasteiger charge is 2.59. The van der Waals surface area contributed by atoms with Gasteiger partial charge in [-0.15, -0.1) is 0 Å². The van der Waals surface area contributed by atoms with E-state index in [2.05, 4.69) is 6.07 Å². The van der Waals surface area contributed by atoms with E-state index in [0.29, 0.717) is 5.56 Å². The average Bonchev–Trinajstić information content (AvgIpc) is 3.49. The van der Waals surface area contributed by atoms with Crippen LogP contribution in [0.1, 0.15) is 60.9 Å². The minimum Gasteiger partial charge on any atom is -0.493 e. The number of carbonyl (C=O) groups is 1. The summed E-state index contributed by atoms with van der Waals surface area (Å²) in [4.78, 5) is 11.5. The molecule has 1 fully saturated rings. The van der Waals surface area contributed by atoms with E-state index in [1.807, 2.05) is 19.1 Å². The standard InChI is InChI=1S/C32H33F3O5/c1-4-19-13-24-21(14-25-28(24)29(25)30(36)37)15-27(19)40-17-18-6-5-7-20(12-18)23-9-8-22(16-26(23)32(33,34)35)39-11-10-31(2,3)38/h5-9,12-13,15-16,25,28-29,38H,4,10-11,14,17H2,1-3H3,(H,36,37). The zero-order valence-electron chi connectivity index (χ0n) is 22.7. The highest BCUT2D eigenvalue weighted by molar-refractivity contribution is 5.78. The predicted octanol–water partition coefficient (Wildman–Crippen LogP) is 7.02. The van der Waals surface area contributed by atoms with Crippen molar-refractivity contribution in [3.63, 3.8) is 0 Å². The number of aliphatic carboxylic acids is 1. The molecule has 2 N–H and O–H groups in total. The van der Waals surface area contributed by atoms with Crippen LogP contribution in [0.4, 0.5) is 13.2 Å². The highest BCUT2D eigenvalue weighted by Crippen LogP contribution is 2.62. The van der Waals surface area contributed by atoms with Gasteiger partial charge >= 0.3 is 12.1 Å². The first kappa shape index (κ1) is 28.0. The number of fused-ring (bicyclic) bond motifs is 3. The van der Waals surface area contributed by atoms with Gasteiger partial charge in [0.05, 0.1) is 23.7 Å². The predicted molar refractivity (Wildman–Crippen MR) is 145 cm³/mol. The number of aryl methyl sites for hydroxylation is 1. The van der Waals surface area contributed by atoms with Crippen LogP contribution in [0.15, 0.2) is 54.6 Å². The van der Waals surface area contributed by atoms with Crippen LogP contribution in [-0.2, 0) is 30.4 Å². The molecule has 0 amide bonds. The Morgan fingerprint density at radius 2 is 1.82 bits per heavy atom. The minimum absolute atomic E-state index is 0.0446. The second kappa shape index (κ2) is 10.5. The van der Waals surface area contributed by atoms with Crippen molar-refractivity contribution in [2.75, 3.05) is 6.61 Å². The molecule has 3 aromatic carbocycles. The molecule has 2 aliphatic carbocycles. The molecule has 3 unspecified atom stereocenters. The molecule has 0 bridgehead atoms. The van der Waals surface area contributed by atoms with E-state index >= 15 is 0 Å². The number of hydrogen-bond acceptors (Lipinski definition) is 4. The summed E-state index contributed by atoms with van der Waals surface area (Å²) >= 11 is 0. The van der Waals surface area contributed by atoms with Crippen LogP contribution in [0.25, 0.3) is 11.1 Å². The lowest BCUT2D eigenvalue weighted by Crippen LogP contribution is -2.21. The van der Waals surface area contributed by atoms with Crippen molar-refractivity contribution in [2.45, 2.75) is 64.3 Å². The molecule has 1 saturated carbocycles. The topological polar surface area (TPSA) is 76.0 Å². The molecule has 212 valence electrons. The zero-order valence-corrected chi connectivity index (χ0v) is 22.7. The fourth-order valence-corrected chi connectivity index (χ4v) is 5.73. The highest BCUT2D eigenvalue weighted by atomic mass is 19.4. The van der Waals surface area contributed by atoms with Crippen molar-refractivity contribution in [1.82, 2.24) is 0 Å². The molecule has 2 aliphatic rings. The summed E-state index contributed by atoms with van der Waals surface area (Å²) in [7, 11) is 0. The fraction of sp³-hybridized carbons (Fsp3) is 0.406. The largest absolute Gasteiger partial charge is 0.493 e. The Balaban J connectivity index is 1.34. The van der Waals surface area contributed by atoms with Crippen LogP contribution < -0.4 is 9.47 Å². The number of carboxylic acids is 1. The summed E-state index contributed by atoms with van der Waals surface area (Å²) in [5, 5.41) is 19.3. The number of carboxylic acid groups (broad SMARTS) is 1. The lowest BCUT2D eigenvalue weighted by molar-refractivity contribution is -0.139. The average molecular weight is 555 g/mol. The number of benzene rings is 3. The van der Waals surface area contributed by atoms with Crippen molar-refractivity contribution in [1.29, 1.82) is 0 Å². The van der Waals surface area contributed by atoms with Crippen LogP contribution in [0.5, 0.6) is 11.5 Å². The van der Waals surface area contributed by atoms with Gasteiger partial charge in [0, 0.05) is 12.3 Å². The fourth-order valence-electron chi connectivity index (χ4n) is 5.73. The molecule has 3 atom stereocenters. The lowest BCUT2D eigenvalue weighted by Gasteiger charge is -2.19. The molecular weight excluding hydrogens is 521 g/mol. The van der Waals surface area contributed by atoms with Gasteiger partial charge in [-0.25, -0.2) is 0 Å².